The number of piperidine rings is 1. The maximum Gasteiger partial charge on any atom is 0.266 e. The van der Waals surface area contributed by atoms with E-state index in [9.17, 15) is 9.59 Å². The molecule has 2 saturated heterocycles. The summed E-state index contributed by atoms with van der Waals surface area (Å²) >= 11 is 0. The molecule has 0 aromatic heterocycles. The lowest BCUT2D eigenvalue weighted by molar-refractivity contribution is -0.146. The van der Waals surface area contributed by atoms with Gasteiger partial charge in [-0.25, -0.2) is 0 Å². The fourth-order valence-corrected chi connectivity index (χ4v) is 6.38. The standard InChI is InChI=1S/C36H44N4O3/c1-36(2,35(42)38-22-19-37-20-23-38)43-33-12-6-11-32(24-33)39-21-7-10-30(26-39)34(41)40(31-17-18-31)25-27-13-15-29(16-14-27)28-8-4-3-5-9-28/h3-6,8-9,11-16,24,30-31,37H,7,10,17-23,25-26H2,1-2H3. The molecule has 7 heteroatoms. The Morgan fingerprint density at radius 2 is 1.60 bits per heavy atom. The highest BCUT2D eigenvalue weighted by Crippen LogP contribution is 2.34. The number of amides is 2. The number of piperazine rings is 1. The second-order valence-electron chi connectivity index (χ2n) is 12.7. The molecule has 3 aromatic rings. The number of rotatable bonds is 9. The molecule has 3 aliphatic rings. The number of carbonyl (C=O) groups is 2. The molecule has 6 rings (SSSR count). The monoisotopic (exact) mass is 580 g/mol. The van der Waals surface area contributed by atoms with E-state index in [-0.39, 0.29) is 17.7 Å². The van der Waals surface area contributed by atoms with Gasteiger partial charge in [-0.3, -0.25) is 9.59 Å². The van der Waals surface area contributed by atoms with Gasteiger partial charge in [0.1, 0.15) is 5.75 Å². The normalized spacial score (nSPS) is 19.2. The summed E-state index contributed by atoms with van der Waals surface area (Å²) in [6, 6.07) is 27.4. The van der Waals surface area contributed by atoms with Gasteiger partial charge in [-0.2, -0.15) is 0 Å². The van der Waals surface area contributed by atoms with Gasteiger partial charge < -0.3 is 24.8 Å². The van der Waals surface area contributed by atoms with Crippen LogP contribution in [0, 0.1) is 5.92 Å². The predicted octanol–water partition coefficient (Wildman–Crippen LogP) is 5.35. The lowest BCUT2D eigenvalue weighted by Gasteiger charge is -2.37. The molecule has 1 atom stereocenters. The van der Waals surface area contributed by atoms with Crippen molar-refractivity contribution in [3.05, 3.63) is 84.4 Å². The molecule has 0 bridgehead atoms. The van der Waals surface area contributed by atoms with Gasteiger partial charge in [0.25, 0.3) is 5.91 Å². The molecule has 2 heterocycles. The van der Waals surface area contributed by atoms with E-state index >= 15 is 0 Å². The molecular formula is C36H44N4O3. The number of ether oxygens (including phenoxy) is 1. The second-order valence-corrected chi connectivity index (χ2v) is 12.7. The summed E-state index contributed by atoms with van der Waals surface area (Å²) in [6.07, 6.45) is 4.06. The summed E-state index contributed by atoms with van der Waals surface area (Å²) in [6.45, 7) is 8.98. The van der Waals surface area contributed by atoms with Crippen molar-refractivity contribution in [3.63, 3.8) is 0 Å². The highest BCUT2D eigenvalue weighted by atomic mass is 16.5. The van der Waals surface area contributed by atoms with Crippen LogP contribution in [0.15, 0.2) is 78.9 Å². The van der Waals surface area contributed by atoms with Gasteiger partial charge >= 0.3 is 0 Å². The molecule has 1 aliphatic carbocycles. The van der Waals surface area contributed by atoms with Crippen LogP contribution in [0.2, 0.25) is 0 Å². The van der Waals surface area contributed by atoms with Crippen LogP contribution in [0.4, 0.5) is 5.69 Å². The van der Waals surface area contributed by atoms with Crippen molar-refractivity contribution in [2.45, 2.75) is 57.7 Å². The van der Waals surface area contributed by atoms with Crippen molar-refractivity contribution in [1.82, 2.24) is 15.1 Å². The number of hydrogen-bond donors (Lipinski definition) is 1. The third-order valence-corrected chi connectivity index (χ3v) is 8.93. The topological polar surface area (TPSA) is 65.1 Å². The first-order chi connectivity index (χ1) is 20.9. The number of nitrogens with zero attached hydrogens (tertiary/aromatic N) is 3. The highest BCUT2D eigenvalue weighted by Gasteiger charge is 2.38. The first-order valence-electron chi connectivity index (χ1n) is 15.9. The molecular weight excluding hydrogens is 536 g/mol. The smallest absolute Gasteiger partial charge is 0.266 e. The van der Waals surface area contributed by atoms with Gasteiger partial charge in [0.15, 0.2) is 5.60 Å². The Morgan fingerprint density at radius 1 is 0.884 bits per heavy atom. The lowest BCUT2D eigenvalue weighted by atomic mass is 9.95. The summed E-state index contributed by atoms with van der Waals surface area (Å²) in [5.41, 5.74) is 3.65. The number of anilines is 1. The third kappa shape index (κ3) is 7.04. The van der Waals surface area contributed by atoms with Gasteiger partial charge in [0.05, 0.1) is 5.92 Å². The maximum atomic E-state index is 14.0. The first-order valence-corrected chi connectivity index (χ1v) is 15.9. The zero-order valence-corrected chi connectivity index (χ0v) is 25.5. The van der Waals surface area contributed by atoms with Crippen LogP contribution in [0.3, 0.4) is 0 Å². The van der Waals surface area contributed by atoms with Crippen molar-refractivity contribution in [2.75, 3.05) is 44.2 Å². The molecule has 3 aromatic carbocycles. The van der Waals surface area contributed by atoms with Gasteiger partial charge in [0, 0.05) is 63.6 Å². The maximum absolute atomic E-state index is 14.0. The summed E-state index contributed by atoms with van der Waals surface area (Å²) in [4.78, 5) is 33.5. The van der Waals surface area contributed by atoms with Crippen molar-refractivity contribution >= 4 is 17.5 Å². The minimum atomic E-state index is -0.958. The zero-order valence-electron chi connectivity index (χ0n) is 25.5. The number of benzene rings is 3. The summed E-state index contributed by atoms with van der Waals surface area (Å²) in [7, 11) is 0. The van der Waals surface area contributed by atoms with Crippen LogP contribution < -0.4 is 15.0 Å². The van der Waals surface area contributed by atoms with E-state index in [0.29, 0.717) is 38.0 Å². The first kappa shape index (κ1) is 29.2. The third-order valence-electron chi connectivity index (χ3n) is 8.93. The van der Waals surface area contributed by atoms with Crippen molar-refractivity contribution in [1.29, 1.82) is 0 Å². The Morgan fingerprint density at radius 3 is 2.33 bits per heavy atom. The van der Waals surface area contributed by atoms with Crippen LogP contribution in [-0.4, -0.2) is 72.5 Å². The molecule has 0 radical (unpaired) electrons. The molecule has 226 valence electrons. The molecule has 7 nitrogen and oxygen atoms in total. The van der Waals surface area contributed by atoms with E-state index in [4.69, 9.17) is 4.74 Å². The van der Waals surface area contributed by atoms with E-state index in [1.165, 1.54) is 16.7 Å². The molecule has 1 saturated carbocycles. The van der Waals surface area contributed by atoms with Crippen LogP contribution in [0.5, 0.6) is 5.75 Å². The minimum Gasteiger partial charge on any atom is -0.478 e. The number of hydrogen-bond acceptors (Lipinski definition) is 5. The molecule has 2 aliphatic heterocycles. The minimum absolute atomic E-state index is 0.0120. The quantitative estimate of drug-likeness (QED) is 0.370. The van der Waals surface area contributed by atoms with Crippen LogP contribution in [0.25, 0.3) is 11.1 Å². The van der Waals surface area contributed by atoms with Crippen LogP contribution in [0.1, 0.15) is 45.1 Å². The van der Waals surface area contributed by atoms with Gasteiger partial charge in [0.2, 0.25) is 5.91 Å². The van der Waals surface area contributed by atoms with Crippen molar-refractivity contribution in [2.24, 2.45) is 5.92 Å². The van der Waals surface area contributed by atoms with E-state index < -0.39 is 5.60 Å². The fraction of sp³-hybridized carbons (Fsp3) is 0.444. The summed E-state index contributed by atoms with van der Waals surface area (Å²) in [5, 5.41) is 3.29. The van der Waals surface area contributed by atoms with Gasteiger partial charge in [-0.05, 0) is 68.4 Å². The van der Waals surface area contributed by atoms with E-state index in [2.05, 4.69) is 69.7 Å². The molecule has 43 heavy (non-hydrogen) atoms. The molecule has 0 spiro atoms. The van der Waals surface area contributed by atoms with Crippen LogP contribution in [-0.2, 0) is 16.1 Å². The zero-order chi connectivity index (χ0) is 29.8. The Kier molecular flexibility index (Phi) is 8.70. The fourth-order valence-electron chi connectivity index (χ4n) is 6.38. The molecule has 1 N–H and O–H groups in total. The Labute approximate surface area is 255 Å². The SMILES string of the molecule is CC(C)(Oc1cccc(N2CCCC(C(=O)N(Cc3ccc(-c4ccccc4)cc3)C3CC3)C2)c1)C(=O)N1CCNCC1. The molecule has 1 unspecified atom stereocenters. The molecule has 2 amide bonds. The van der Waals surface area contributed by atoms with Gasteiger partial charge in [-0.1, -0.05) is 60.7 Å². The molecule has 3 fully saturated rings. The summed E-state index contributed by atoms with van der Waals surface area (Å²) < 4.78 is 6.29. The Balaban J connectivity index is 1.10. The van der Waals surface area contributed by atoms with Crippen molar-refractivity contribution < 1.29 is 14.3 Å². The second kappa shape index (κ2) is 12.8. The lowest BCUT2D eigenvalue weighted by Crippen LogP contribution is -2.54. The highest BCUT2D eigenvalue weighted by molar-refractivity contribution is 5.85. The number of nitrogens with one attached hydrogen (secondary N) is 1. The van der Waals surface area contributed by atoms with E-state index in [1.54, 1.807) is 0 Å². The van der Waals surface area contributed by atoms with Crippen molar-refractivity contribution in [3.8, 4) is 16.9 Å². The van der Waals surface area contributed by atoms with Gasteiger partial charge in [-0.15, -0.1) is 0 Å². The largest absolute Gasteiger partial charge is 0.478 e. The van der Waals surface area contributed by atoms with Crippen LogP contribution >= 0.6 is 0 Å². The number of carbonyl (C=O) groups excluding carboxylic acids is 2. The van der Waals surface area contributed by atoms with E-state index in [0.717, 1.165) is 51.0 Å². The Hall–Kier alpha value is -3.84. The Bertz CT molecular complexity index is 1400. The average Bonchev–Trinajstić information content (AvgIpc) is 3.90. The van der Waals surface area contributed by atoms with E-state index in [1.807, 2.05) is 43.0 Å². The summed E-state index contributed by atoms with van der Waals surface area (Å²) in [5.74, 6) is 0.929. The average molecular weight is 581 g/mol. The predicted molar refractivity (Wildman–Crippen MR) is 171 cm³/mol.